The minimum atomic E-state index is 0.483. The van der Waals surface area contributed by atoms with Crippen molar-refractivity contribution in [3.05, 3.63) is 42.0 Å². The molecular formula is C22H31N3O5. The highest BCUT2D eigenvalue weighted by molar-refractivity contribution is 5.93. The summed E-state index contributed by atoms with van der Waals surface area (Å²) in [5.74, 6) is 3.35. The fraction of sp³-hybridized carbons (Fsp3) is 0.409. The Morgan fingerprint density at radius 3 is 2.30 bits per heavy atom. The lowest BCUT2D eigenvalue weighted by Crippen LogP contribution is -2.30. The fourth-order valence-corrected chi connectivity index (χ4v) is 2.78. The number of methoxy groups -OCH3 is 4. The topological polar surface area (TPSA) is 82.6 Å². The number of anilines is 1. The third-order valence-corrected chi connectivity index (χ3v) is 4.31. The number of aliphatic imine (C=N–C) groups is 1. The molecule has 0 bridgehead atoms. The summed E-state index contributed by atoms with van der Waals surface area (Å²) >= 11 is 0. The smallest absolute Gasteiger partial charge is 0.195 e. The van der Waals surface area contributed by atoms with E-state index in [-0.39, 0.29) is 0 Å². The number of rotatable bonds is 11. The van der Waals surface area contributed by atoms with Crippen LogP contribution >= 0.6 is 0 Å². The van der Waals surface area contributed by atoms with Gasteiger partial charge in [-0.25, -0.2) is 0 Å². The predicted octanol–water partition coefficient (Wildman–Crippen LogP) is 3.32. The number of hydrogen-bond donors (Lipinski definition) is 2. The van der Waals surface area contributed by atoms with Crippen LogP contribution in [0.2, 0.25) is 0 Å². The van der Waals surface area contributed by atoms with Gasteiger partial charge in [0.15, 0.2) is 17.5 Å². The molecule has 0 radical (unpaired) electrons. The van der Waals surface area contributed by atoms with Crippen molar-refractivity contribution in [2.24, 2.45) is 4.99 Å². The van der Waals surface area contributed by atoms with Crippen molar-refractivity contribution in [2.75, 3.05) is 54.0 Å². The van der Waals surface area contributed by atoms with Gasteiger partial charge >= 0.3 is 0 Å². The van der Waals surface area contributed by atoms with Crippen molar-refractivity contribution in [2.45, 2.75) is 13.0 Å². The lowest BCUT2D eigenvalue weighted by atomic mass is 10.1. The van der Waals surface area contributed by atoms with Crippen LogP contribution in [0.1, 0.15) is 12.0 Å². The Hall–Kier alpha value is -3.13. The Morgan fingerprint density at radius 1 is 0.900 bits per heavy atom. The molecule has 0 aliphatic rings. The van der Waals surface area contributed by atoms with Crippen molar-refractivity contribution in [3.63, 3.8) is 0 Å². The summed E-state index contributed by atoms with van der Waals surface area (Å²) < 4.78 is 27.0. The molecule has 0 atom stereocenters. The molecular weight excluding hydrogens is 386 g/mol. The quantitative estimate of drug-likeness (QED) is 0.330. The van der Waals surface area contributed by atoms with E-state index in [1.807, 2.05) is 30.3 Å². The third kappa shape index (κ3) is 6.73. The minimum Gasteiger partial charge on any atom is -0.496 e. The summed E-state index contributed by atoms with van der Waals surface area (Å²) in [5, 5.41) is 6.55. The average Bonchev–Trinajstić information content (AvgIpc) is 2.79. The maximum absolute atomic E-state index is 5.75. The summed E-state index contributed by atoms with van der Waals surface area (Å²) in [5.41, 5.74) is 1.78. The monoisotopic (exact) mass is 417 g/mol. The van der Waals surface area contributed by atoms with Gasteiger partial charge in [-0.2, -0.15) is 0 Å². The summed E-state index contributed by atoms with van der Waals surface area (Å²) in [7, 11) is 8.21. The Bertz CT molecular complexity index is 826. The van der Waals surface area contributed by atoms with Crippen molar-refractivity contribution >= 4 is 11.6 Å². The van der Waals surface area contributed by atoms with Crippen LogP contribution in [0.3, 0.4) is 0 Å². The first-order valence-corrected chi connectivity index (χ1v) is 9.63. The molecule has 0 amide bonds. The maximum Gasteiger partial charge on any atom is 0.195 e. The zero-order chi connectivity index (χ0) is 21.8. The molecule has 0 unspecified atom stereocenters. The highest BCUT2D eigenvalue weighted by Gasteiger charge is 2.12. The number of hydrogen-bond acceptors (Lipinski definition) is 6. The van der Waals surface area contributed by atoms with Crippen LogP contribution < -0.4 is 29.6 Å². The Kier molecular flexibility index (Phi) is 9.60. The number of guanidine groups is 1. The van der Waals surface area contributed by atoms with Crippen molar-refractivity contribution < 1.29 is 23.7 Å². The van der Waals surface area contributed by atoms with Gasteiger partial charge in [-0.15, -0.1) is 0 Å². The second-order valence-electron chi connectivity index (χ2n) is 6.29. The standard InChI is InChI=1S/C22H31N3O5/c1-23-22(25-17-8-6-9-18(13-17)30-11-7-10-26-2)24-15-16-12-20(28-4)21(29-5)14-19(16)27-3/h6,8-9,12-14H,7,10-11,15H2,1-5H3,(H2,23,24,25). The van der Waals surface area contributed by atoms with E-state index in [1.54, 1.807) is 41.6 Å². The molecule has 0 spiro atoms. The lowest BCUT2D eigenvalue weighted by Gasteiger charge is -2.16. The molecule has 2 N–H and O–H groups in total. The van der Waals surface area contributed by atoms with E-state index in [0.29, 0.717) is 43.0 Å². The van der Waals surface area contributed by atoms with Gasteiger partial charge in [-0.3, -0.25) is 4.99 Å². The van der Waals surface area contributed by atoms with E-state index in [0.717, 1.165) is 23.4 Å². The van der Waals surface area contributed by atoms with Gasteiger partial charge in [-0.1, -0.05) is 6.07 Å². The first-order chi connectivity index (χ1) is 14.6. The third-order valence-electron chi connectivity index (χ3n) is 4.31. The number of nitrogens with one attached hydrogen (secondary N) is 2. The molecule has 0 aromatic heterocycles. The van der Waals surface area contributed by atoms with Gasteiger partial charge < -0.3 is 34.3 Å². The molecule has 8 nitrogen and oxygen atoms in total. The molecule has 2 rings (SSSR count). The largest absolute Gasteiger partial charge is 0.496 e. The van der Waals surface area contributed by atoms with Crippen molar-refractivity contribution in [1.29, 1.82) is 0 Å². The van der Waals surface area contributed by atoms with Gasteiger partial charge in [0.05, 0.1) is 27.9 Å². The fourth-order valence-electron chi connectivity index (χ4n) is 2.78. The van der Waals surface area contributed by atoms with Gasteiger partial charge in [0.1, 0.15) is 11.5 Å². The molecule has 0 saturated carbocycles. The predicted molar refractivity (Wildman–Crippen MR) is 118 cm³/mol. The van der Waals surface area contributed by atoms with E-state index >= 15 is 0 Å². The normalized spacial score (nSPS) is 11.0. The van der Waals surface area contributed by atoms with Crippen LogP contribution in [0, 0.1) is 0 Å². The Labute approximate surface area is 178 Å². The van der Waals surface area contributed by atoms with Crippen molar-refractivity contribution in [1.82, 2.24) is 5.32 Å². The van der Waals surface area contributed by atoms with E-state index in [9.17, 15) is 0 Å². The second-order valence-corrected chi connectivity index (χ2v) is 6.29. The summed E-state index contributed by atoms with van der Waals surface area (Å²) in [6.45, 7) is 1.76. The van der Waals surface area contributed by atoms with E-state index < -0.39 is 0 Å². The Balaban J connectivity index is 2.02. The van der Waals surface area contributed by atoms with Crippen LogP contribution in [0.5, 0.6) is 23.0 Å². The van der Waals surface area contributed by atoms with Gasteiger partial charge in [0.25, 0.3) is 0 Å². The van der Waals surface area contributed by atoms with Gasteiger partial charge in [-0.05, 0) is 18.2 Å². The number of ether oxygens (including phenoxy) is 5. The SMILES string of the molecule is CN=C(NCc1cc(OC)c(OC)cc1OC)Nc1cccc(OCCCOC)c1. The zero-order valence-corrected chi connectivity index (χ0v) is 18.3. The average molecular weight is 418 g/mol. The Morgan fingerprint density at radius 2 is 1.63 bits per heavy atom. The zero-order valence-electron chi connectivity index (χ0n) is 18.3. The second kappa shape index (κ2) is 12.4. The lowest BCUT2D eigenvalue weighted by molar-refractivity contribution is 0.172. The molecule has 0 aliphatic carbocycles. The van der Waals surface area contributed by atoms with Crippen LogP contribution in [-0.2, 0) is 11.3 Å². The summed E-state index contributed by atoms with van der Waals surface area (Å²) in [6, 6.07) is 11.4. The first kappa shape index (κ1) is 23.2. The summed E-state index contributed by atoms with van der Waals surface area (Å²) in [6.07, 6.45) is 0.838. The molecule has 0 fully saturated rings. The number of nitrogens with zero attached hydrogens (tertiary/aromatic N) is 1. The van der Waals surface area contributed by atoms with Crippen LogP contribution in [-0.4, -0.2) is 54.7 Å². The minimum absolute atomic E-state index is 0.483. The van der Waals surface area contributed by atoms with E-state index in [1.165, 1.54) is 0 Å². The van der Waals surface area contributed by atoms with Crippen LogP contribution in [0.25, 0.3) is 0 Å². The van der Waals surface area contributed by atoms with Crippen molar-refractivity contribution in [3.8, 4) is 23.0 Å². The van der Waals surface area contributed by atoms with E-state index in [2.05, 4.69) is 15.6 Å². The molecule has 164 valence electrons. The van der Waals surface area contributed by atoms with Gasteiger partial charge in [0.2, 0.25) is 0 Å². The van der Waals surface area contributed by atoms with Crippen LogP contribution in [0.15, 0.2) is 41.4 Å². The van der Waals surface area contributed by atoms with Crippen LogP contribution in [0.4, 0.5) is 5.69 Å². The summed E-state index contributed by atoms with van der Waals surface area (Å²) in [4.78, 5) is 4.29. The molecule has 2 aromatic rings. The molecule has 0 aliphatic heterocycles. The highest BCUT2D eigenvalue weighted by Crippen LogP contribution is 2.34. The molecule has 0 saturated heterocycles. The molecule has 8 heteroatoms. The molecule has 0 heterocycles. The molecule has 30 heavy (non-hydrogen) atoms. The first-order valence-electron chi connectivity index (χ1n) is 9.63. The maximum atomic E-state index is 5.75. The van der Waals surface area contributed by atoms with Gasteiger partial charge in [0, 0.05) is 57.1 Å². The highest BCUT2D eigenvalue weighted by atomic mass is 16.5. The van der Waals surface area contributed by atoms with E-state index in [4.69, 9.17) is 23.7 Å². The number of benzene rings is 2. The molecule has 2 aromatic carbocycles.